The van der Waals surface area contributed by atoms with E-state index in [9.17, 15) is 8.42 Å². The summed E-state index contributed by atoms with van der Waals surface area (Å²) in [6, 6.07) is 1.44. The van der Waals surface area contributed by atoms with Gasteiger partial charge in [0.1, 0.15) is 4.21 Å². The SMILES string of the molecule is CN(C(C)(C)CCl)S(=O)(=O)c1cc(Cl)c(Br)s1. The summed E-state index contributed by atoms with van der Waals surface area (Å²) in [4.78, 5) is 0. The van der Waals surface area contributed by atoms with Crippen LogP contribution < -0.4 is 0 Å². The zero-order chi connectivity index (χ0) is 13.4. The third-order valence-electron chi connectivity index (χ3n) is 2.42. The summed E-state index contributed by atoms with van der Waals surface area (Å²) in [5, 5.41) is 0.394. The van der Waals surface area contributed by atoms with Crippen molar-refractivity contribution in [3.8, 4) is 0 Å². The highest BCUT2D eigenvalue weighted by Crippen LogP contribution is 2.37. The summed E-state index contributed by atoms with van der Waals surface area (Å²) in [6.45, 7) is 3.53. The summed E-state index contributed by atoms with van der Waals surface area (Å²) in [6.07, 6.45) is 0. The van der Waals surface area contributed by atoms with Crippen LogP contribution >= 0.6 is 50.5 Å². The standard InChI is InChI=1S/C9H12BrCl2NO2S2/c1-9(2,5-11)13(3)17(14,15)7-4-6(12)8(10)16-7/h4H,5H2,1-3H3. The van der Waals surface area contributed by atoms with Gasteiger partial charge in [-0.05, 0) is 35.8 Å². The van der Waals surface area contributed by atoms with E-state index in [1.807, 2.05) is 0 Å². The van der Waals surface area contributed by atoms with Crippen LogP contribution in [0.5, 0.6) is 0 Å². The topological polar surface area (TPSA) is 37.4 Å². The van der Waals surface area contributed by atoms with Crippen molar-refractivity contribution in [1.29, 1.82) is 0 Å². The molecule has 1 heterocycles. The molecule has 0 unspecified atom stereocenters. The highest BCUT2D eigenvalue weighted by Gasteiger charge is 2.34. The zero-order valence-corrected chi connectivity index (χ0v) is 14.2. The van der Waals surface area contributed by atoms with E-state index in [4.69, 9.17) is 23.2 Å². The third kappa shape index (κ3) is 3.16. The molecule has 0 radical (unpaired) electrons. The van der Waals surface area contributed by atoms with Crippen molar-refractivity contribution in [2.24, 2.45) is 0 Å². The fourth-order valence-electron chi connectivity index (χ4n) is 0.998. The fraction of sp³-hybridized carbons (Fsp3) is 0.556. The summed E-state index contributed by atoms with van der Waals surface area (Å²) >= 11 is 15.9. The van der Waals surface area contributed by atoms with Crippen molar-refractivity contribution in [3.63, 3.8) is 0 Å². The maximum absolute atomic E-state index is 12.3. The molecular formula is C9H12BrCl2NO2S2. The normalized spacial score (nSPS) is 13.4. The molecule has 0 saturated carbocycles. The molecule has 3 nitrogen and oxygen atoms in total. The number of halogens is 3. The Morgan fingerprint density at radius 1 is 1.53 bits per heavy atom. The van der Waals surface area contributed by atoms with Gasteiger partial charge in [-0.2, -0.15) is 4.31 Å². The first kappa shape index (κ1) is 15.7. The van der Waals surface area contributed by atoms with Crippen LogP contribution in [-0.2, 0) is 10.0 Å². The van der Waals surface area contributed by atoms with E-state index < -0.39 is 15.6 Å². The average Bonchev–Trinajstić information content (AvgIpc) is 2.58. The van der Waals surface area contributed by atoms with E-state index in [1.54, 1.807) is 13.8 Å². The van der Waals surface area contributed by atoms with Crippen LogP contribution in [0.2, 0.25) is 5.02 Å². The second-order valence-electron chi connectivity index (χ2n) is 4.11. The van der Waals surface area contributed by atoms with E-state index in [0.29, 0.717) is 8.81 Å². The van der Waals surface area contributed by atoms with Crippen molar-refractivity contribution in [2.75, 3.05) is 12.9 Å². The van der Waals surface area contributed by atoms with E-state index in [1.165, 1.54) is 17.4 Å². The molecule has 1 aromatic heterocycles. The Balaban J connectivity index is 3.20. The predicted octanol–water partition coefficient (Wildman–Crippen LogP) is 3.80. The van der Waals surface area contributed by atoms with Gasteiger partial charge in [-0.25, -0.2) is 8.42 Å². The molecule has 8 heteroatoms. The van der Waals surface area contributed by atoms with Crippen LogP contribution in [0.15, 0.2) is 14.1 Å². The Morgan fingerprint density at radius 3 is 2.41 bits per heavy atom. The first-order chi connectivity index (χ1) is 7.63. The molecule has 0 aliphatic heterocycles. The third-order valence-corrected chi connectivity index (χ3v) is 8.06. The lowest BCUT2D eigenvalue weighted by atomic mass is 10.1. The van der Waals surface area contributed by atoms with Gasteiger partial charge in [0.2, 0.25) is 0 Å². The van der Waals surface area contributed by atoms with Crippen molar-refractivity contribution >= 4 is 60.5 Å². The number of hydrogen-bond acceptors (Lipinski definition) is 3. The van der Waals surface area contributed by atoms with Gasteiger partial charge in [0.05, 0.1) is 8.81 Å². The van der Waals surface area contributed by atoms with Crippen LogP contribution in [0.1, 0.15) is 13.8 Å². The minimum Gasteiger partial charge on any atom is -0.206 e. The first-order valence-corrected chi connectivity index (χ1v) is 8.59. The molecule has 0 aliphatic rings. The molecule has 0 amide bonds. The number of sulfonamides is 1. The molecule has 98 valence electrons. The van der Waals surface area contributed by atoms with Crippen LogP contribution in [0.4, 0.5) is 0 Å². The van der Waals surface area contributed by atoms with Gasteiger partial charge < -0.3 is 0 Å². The largest absolute Gasteiger partial charge is 0.252 e. The monoisotopic (exact) mass is 379 g/mol. The van der Waals surface area contributed by atoms with Crippen LogP contribution in [0, 0.1) is 0 Å². The summed E-state index contributed by atoms with van der Waals surface area (Å²) in [5.41, 5.74) is -0.649. The Labute approximate surface area is 124 Å². The van der Waals surface area contributed by atoms with Gasteiger partial charge in [0, 0.05) is 18.5 Å². The second-order valence-corrected chi connectivity index (χ2v) is 9.35. The van der Waals surface area contributed by atoms with Gasteiger partial charge in [0.25, 0.3) is 10.0 Å². The van der Waals surface area contributed by atoms with E-state index in [2.05, 4.69) is 15.9 Å². The molecule has 1 aromatic rings. The molecule has 0 aromatic carbocycles. The van der Waals surface area contributed by atoms with E-state index in [-0.39, 0.29) is 10.1 Å². The minimum atomic E-state index is -3.56. The molecule has 1 rings (SSSR count). The lowest BCUT2D eigenvalue weighted by Gasteiger charge is -2.32. The maximum atomic E-state index is 12.3. The lowest BCUT2D eigenvalue weighted by Crippen LogP contribution is -2.46. The van der Waals surface area contributed by atoms with Crippen LogP contribution in [-0.4, -0.2) is 31.2 Å². The van der Waals surface area contributed by atoms with Crippen LogP contribution in [0.25, 0.3) is 0 Å². The zero-order valence-electron chi connectivity index (χ0n) is 9.50. The van der Waals surface area contributed by atoms with Crippen molar-refractivity contribution in [2.45, 2.75) is 23.6 Å². The summed E-state index contributed by atoms with van der Waals surface area (Å²) < 4.78 is 26.7. The molecule has 17 heavy (non-hydrogen) atoms. The molecule has 0 atom stereocenters. The highest BCUT2D eigenvalue weighted by molar-refractivity contribution is 9.11. The van der Waals surface area contributed by atoms with Gasteiger partial charge in [-0.15, -0.1) is 22.9 Å². The molecule has 0 bridgehead atoms. The van der Waals surface area contributed by atoms with Gasteiger partial charge >= 0.3 is 0 Å². The van der Waals surface area contributed by atoms with Gasteiger partial charge in [-0.3, -0.25) is 0 Å². The fourth-order valence-corrected chi connectivity index (χ4v) is 5.33. The Kier molecular flexibility index (Phi) is 4.95. The smallest absolute Gasteiger partial charge is 0.206 e. The summed E-state index contributed by atoms with van der Waals surface area (Å²) in [7, 11) is -2.04. The minimum absolute atomic E-state index is 0.204. The van der Waals surface area contributed by atoms with Gasteiger partial charge in [-0.1, -0.05) is 11.6 Å². The Morgan fingerprint density at radius 2 is 2.06 bits per heavy atom. The van der Waals surface area contributed by atoms with E-state index in [0.717, 1.165) is 11.3 Å². The lowest BCUT2D eigenvalue weighted by molar-refractivity contribution is 0.296. The van der Waals surface area contributed by atoms with Crippen molar-refractivity contribution in [1.82, 2.24) is 4.31 Å². The number of thiophene rings is 1. The first-order valence-electron chi connectivity index (χ1n) is 4.63. The molecule has 0 fully saturated rings. The quantitative estimate of drug-likeness (QED) is 0.745. The van der Waals surface area contributed by atoms with Crippen molar-refractivity contribution < 1.29 is 8.42 Å². The van der Waals surface area contributed by atoms with Gasteiger partial charge in [0.15, 0.2) is 0 Å². The molecule has 0 spiro atoms. The number of hydrogen-bond donors (Lipinski definition) is 0. The Hall–Kier alpha value is 0.670. The van der Waals surface area contributed by atoms with Crippen molar-refractivity contribution in [3.05, 3.63) is 14.9 Å². The Bertz CT molecular complexity index is 494. The molecule has 0 aliphatic carbocycles. The van der Waals surface area contributed by atoms with Crippen LogP contribution in [0.3, 0.4) is 0 Å². The van der Waals surface area contributed by atoms with E-state index >= 15 is 0 Å². The number of nitrogens with zero attached hydrogens (tertiary/aromatic N) is 1. The number of alkyl halides is 1. The molecule has 0 N–H and O–H groups in total. The predicted molar refractivity (Wildman–Crippen MR) is 76.8 cm³/mol. The molecule has 0 saturated heterocycles. The highest BCUT2D eigenvalue weighted by atomic mass is 79.9. The maximum Gasteiger partial charge on any atom is 0.252 e. The molecular weight excluding hydrogens is 369 g/mol. The number of rotatable bonds is 4. The summed E-state index contributed by atoms with van der Waals surface area (Å²) in [5.74, 6) is 0.211. The average molecular weight is 381 g/mol. The second kappa shape index (κ2) is 5.35.